The smallest absolute Gasteiger partial charge is 0.121 e. The Morgan fingerprint density at radius 3 is 2.10 bits per heavy atom. The van der Waals surface area contributed by atoms with Crippen LogP contribution in [0.1, 0.15) is 22.8 Å². The number of hydrogen-bond donors (Lipinski definition) is 5. The van der Waals surface area contributed by atoms with Crippen molar-refractivity contribution in [2.45, 2.75) is 36.9 Å². The van der Waals surface area contributed by atoms with Gasteiger partial charge in [-0.15, -0.1) is 0 Å². The van der Waals surface area contributed by atoms with Gasteiger partial charge in [0.2, 0.25) is 0 Å². The van der Waals surface area contributed by atoms with E-state index in [4.69, 9.17) is 4.74 Å². The van der Waals surface area contributed by atoms with Crippen molar-refractivity contribution in [3.8, 4) is 16.9 Å². The van der Waals surface area contributed by atoms with Crippen LogP contribution in [0, 0.1) is 0 Å². The molecule has 0 amide bonds. The third-order valence-corrected chi connectivity index (χ3v) is 5.49. The van der Waals surface area contributed by atoms with Crippen molar-refractivity contribution in [2.75, 3.05) is 6.61 Å². The number of hydrogen-bond acceptors (Lipinski definition) is 6. The molecule has 1 aliphatic heterocycles. The lowest BCUT2D eigenvalue weighted by Gasteiger charge is -2.40. The zero-order chi connectivity index (χ0) is 20.5. The zero-order valence-corrected chi connectivity index (χ0v) is 15.7. The molecule has 29 heavy (non-hydrogen) atoms. The molecule has 1 fully saturated rings. The molecular weight excluding hydrogens is 372 g/mol. The summed E-state index contributed by atoms with van der Waals surface area (Å²) in [6.45, 7) is -0.514. The van der Waals surface area contributed by atoms with Crippen LogP contribution in [0.3, 0.4) is 0 Å². The fraction of sp³-hybridized carbons (Fsp3) is 0.304. The van der Waals surface area contributed by atoms with Crippen molar-refractivity contribution in [3.05, 3.63) is 77.4 Å². The van der Waals surface area contributed by atoms with Gasteiger partial charge < -0.3 is 30.3 Å². The summed E-state index contributed by atoms with van der Waals surface area (Å²) in [6.07, 6.45) is -5.84. The quantitative estimate of drug-likeness (QED) is 0.458. The van der Waals surface area contributed by atoms with Gasteiger partial charge in [0.15, 0.2) is 0 Å². The maximum absolute atomic E-state index is 10.4. The summed E-state index contributed by atoms with van der Waals surface area (Å²) in [6, 6.07) is 19.3. The Labute approximate surface area is 168 Å². The highest BCUT2D eigenvalue weighted by Crippen LogP contribution is 2.37. The van der Waals surface area contributed by atoms with E-state index in [-0.39, 0.29) is 5.75 Å². The second-order valence-corrected chi connectivity index (χ2v) is 7.50. The summed E-state index contributed by atoms with van der Waals surface area (Å²) in [7, 11) is 0. The van der Waals surface area contributed by atoms with E-state index in [9.17, 15) is 25.5 Å². The van der Waals surface area contributed by atoms with Crippen LogP contribution in [0.4, 0.5) is 0 Å². The highest BCUT2D eigenvalue weighted by molar-refractivity contribution is 5.68. The highest BCUT2D eigenvalue weighted by Gasteiger charge is 2.44. The first-order chi connectivity index (χ1) is 14.0. The van der Waals surface area contributed by atoms with Gasteiger partial charge in [-0.2, -0.15) is 0 Å². The second kappa shape index (κ2) is 8.10. The Morgan fingerprint density at radius 2 is 1.45 bits per heavy atom. The SMILES string of the molecule is OC[C@H]1OC(c2cc(Cc3cc4cccccc-4c3)ccc2O)[C@H](O)[C@@H](O)[C@@H]1O. The van der Waals surface area contributed by atoms with Crippen molar-refractivity contribution in [3.63, 3.8) is 0 Å². The lowest BCUT2D eigenvalue weighted by molar-refractivity contribution is -0.232. The van der Waals surface area contributed by atoms with Crippen molar-refractivity contribution < 1.29 is 30.3 Å². The summed E-state index contributed by atoms with van der Waals surface area (Å²) < 4.78 is 5.59. The van der Waals surface area contributed by atoms with Gasteiger partial charge in [0, 0.05) is 5.56 Å². The number of aliphatic hydroxyl groups excluding tert-OH is 4. The number of fused-ring (bicyclic) bond motifs is 1. The largest absolute Gasteiger partial charge is 0.508 e. The molecule has 4 rings (SSSR count). The molecule has 152 valence electrons. The molecule has 0 aromatic heterocycles. The van der Waals surface area contributed by atoms with E-state index in [1.54, 1.807) is 12.1 Å². The van der Waals surface area contributed by atoms with Crippen molar-refractivity contribution >= 4 is 0 Å². The lowest BCUT2D eigenvalue weighted by atomic mass is 9.89. The van der Waals surface area contributed by atoms with Gasteiger partial charge >= 0.3 is 0 Å². The van der Waals surface area contributed by atoms with Crippen LogP contribution < -0.4 is 0 Å². The molecule has 1 unspecified atom stereocenters. The number of rotatable bonds is 4. The Hall–Kier alpha value is -2.48. The molecule has 0 spiro atoms. The predicted octanol–water partition coefficient (Wildman–Crippen LogP) is 1.60. The first kappa shape index (κ1) is 19.8. The summed E-state index contributed by atoms with van der Waals surface area (Å²) in [5.74, 6) is -0.0854. The molecule has 0 saturated carbocycles. The molecule has 0 radical (unpaired) electrons. The molecule has 2 aliphatic carbocycles. The standard InChI is InChI=1S/C23H24O6/c24-12-19-20(26)21(27)22(28)23(29-19)17-11-13(6-7-18(17)25)8-14-9-15-4-2-1-3-5-16(15)10-14/h1-7,9-11,19-28H,8,12H2/t19-,20-,21+,22-,23?/m1/s1. The Morgan fingerprint density at radius 1 is 0.759 bits per heavy atom. The normalized spacial score (nSPS) is 27.2. The fourth-order valence-corrected chi connectivity index (χ4v) is 3.92. The van der Waals surface area contributed by atoms with Gasteiger partial charge in [0.05, 0.1) is 6.61 Å². The minimum Gasteiger partial charge on any atom is -0.508 e. The lowest BCUT2D eigenvalue weighted by Crippen LogP contribution is -2.55. The average molecular weight is 396 g/mol. The monoisotopic (exact) mass is 396 g/mol. The molecule has 1 aromatic rings. The van der Waals surface area contributed by atoms with Gasteiger partial charge in [-0.1, -0.05) is 48.5 Å². The maximum atomic E-state index is 10.4. The van der Waals surface area contributed by atoms with E-state index in [2.05, 4.69) is 24.3 Å². The van der Waals surface area contributed by atoms with Gasteiger partial charge in [-0.3, -0.25) is 0 Å². The third-order valence-electron chi connectivity index (χ3n) is 5.49. The van der Waals surface area contributed by atoms with Gasteiger partial charge in [0.1, 0.15) is 36.3 Å². The molecular formula is C23H24O6. The molecule has 1 saturated heterocycles. The van der Waals surface area contributed by atoms with Crippen LogP contribution in [-0.4, -0.2) is 56.6 Å². The van der Waals surface area contributed by atoms with E-state index in [0.29, 0.717) is 12.0 Å². The highest BCUT2D eigenvalue weighted by atomic mass is 16.5. The summed E-state index contributed by atoms with van der Waals surface area (Å²) in [5.41, 5.74) is 4.59. The van der Waals surface area contributed by atoms with E-state index in [0.717, 1.165) is 22.3 Å². The van der Waals surface area contributed by atoms with E-state index >= 15 is 0 Å². The minimum atomic E-state index is -1.49. The number of phenols is 1. The van der Waals surface area contributed by atoms with Gasteiger partial charge in [-0.05, 0) is 40.8 Å². The van der Waals surface area contributed by atoms with Crippen molar-refractivity contribution in [1.82, 2.24) is 0 Å². The van der Waals surface area contributed by atoms with Crippen LogP contribution in [0.15, 0.2) is 60.7 Å². The van der Waals surface area contributed by atoms with Gasteiger partial charge in [-0.25, -0.2) is 0 Å². The van der Waals surface area contributed by atoms with Crippen molar-refractivity contribution in [2.24, 2.45) is 0 Å². The van der Waals surface area contributed by atoms with Crippen LogP contribution in [0.2, 0.25) is 0 Å². The van der Waals surface area contributed by atoms with Crippen LogP contribution >= 0.6 is 0 Å². The third kappa shape index (κ3) is 3.85. The zero-order valence-electron chi connectivity index (χ0n) is 15.7. The molecule has 5 atom stereocenters. The van der Waals surface area contributed by atoms with Crippen molar-refractivity contribution in [1.29, 1.82) is 0 Å². The maximum Gasteiger partial charge on any atom is 0.121 e. The second-order valence-electron chi connectivity index (χ2n) is 7.50. The average Bonchev–Trinajstić information content (AvgIpc) is 2.96. The number of phenolic OH excluding ortho intramolecular Hbond substituents is 1. The summed E-state index contributed by atoms with van der Waals surface area (Å²) in [5, 5.41) is 50.1. The first-order valence-corrected chi connectivity index (χ1v) is 9.58. The molecule has 0 bridgehead atoms. The molecule has 6 heteroatoms. The fourth-order valence-electron chi connectivity index (χ4n) is 3.92. The van der Waals surface area contributed by atoms with Crippen LogP contribution in [0.25, 0.3) is 11.1 Å². The van der Waals surface area contributed by atoms with Crippen LogP contribution in [0.5, 0.6) is 5.75 Å². The molecule has 1 heterocycles. The van der Waals surface area contributed by atoms with Gasteiger partial charge in [0.25, 0.3) is 0 Å². The summed E-state index contributed by atoms with van der Waals surface area (Å²) >= 11 is 0. The first-order valence-electron chi connectivity index (χ1n) is 9.58. The Bertz CT molecular complexity index is 925. The topological polar surface area (TPSA) is 110 Å². The summed E-state index contributed by atoms with van der Waals surface area (Å²) in [4.78, 5) is 0. The molecule has 5 N–H and O–H groups in total. The Balaban J connectivity index is 1.63. The number of aliphatic hydroxyl groups is 4. The number of ether oxygens (including phenoxy) is 1. The molecule has 1 aromatic carbocycles. The van der Waals surface area contributed by atoms with E-state index in [1.807, 2.05) is 18.2 Å². The molecule has 6 nitrogen and oxygen atoms in total. The van der Waals surface area contributed by atoms with Crippen LogP contribution in [-0.2, 0) is 11.2 Å². The predicted molar refractivity (Wildman–Crippen MR) is 107 cm³/mol. The number of aromatic hydroxyl groups is 1. The molecule has 3 aliphatic rings. The Kier molecular flexibility index (Phi) is 5.54. The number of benzene rings is 1. The van der Waals surface area contributed by atoms with E-state index in [1.165, 1.54) is 6.07 Å². The minimum absolute atomic E-state index is 0.0854. The van der Waals surface area contributed by atoms with E-state index < -0.39 is 37.1 Å².